The van der Waals surface area contributed by atoms with Gasteiger partial charge in [-0.1, -0.05) is 18.2 Å². The molecule has 4 aromatic rings. The third-order valence-corrected chi connectivity index (χ3v) is 4.48. The Morgan fingerprint density at radius 2 is 1.60 bits per heavy atom. The Morgan fingerprint density at radius 1 is 0.867 bits per heavy atom. The molecule has 3 N–H and O–H groups in total. The van der Waals surface area contributed by atoms with Crippen LogP contribution in [0.3, 0.4) is 0 Å². The van der Waals surface area contributed by atoms with E-state index in [-0.39, 0.29) is 11.8 Å². The summed E-state index contributed by atoms with van der Waals surface area (Å²) in [6, 6.07) is 18.1. The average Bonchev–Trinajstić information content (AvgIpc) is 3.24. The Labute approximate surface area is 173 Å². The number of nitrogens with zero attached hydrogens (tertiary/aromatic N) is 2. The molecule has 0 unspecified atom stereocenters. The topological polar surface area (TPSA) is 99.8 Å². The minimum Gasteiger partial charge on any atom is -0.326 e. The van der Waals surface area contributed by atoms with Crippen LogP contribution >= 0.6 is 0 Å². The van der Waals surface area contributed by atoms with Crippen molar-refractivity contribution in [3.05, 3.63) is 84.8 Å². The monoisotopic (exact) mass is 397 g/mol. The number of rotatable bonds is 5. The van der Waals surface area contributed by atoms with Crippen LogP contribution in [-0.4, -0.2) is 27.0 Å². The second kappa shape index (κ2) is 8.40. The molecule has 0 radical (unpaired) electrons. The molecule has 0 saturated carbocycles. The Hall–Kier alpha value is -4.26. The second-order valence-corrected chi connectivity index (χ2v) is 6.69. The van der Waals surface area contributed by atoms with Gasteiger partial charge in [0, 0.05) is 47.4 Å². The number of H-pyrrole nitrogens is 1. The molecule has 2 aromatic heterocycles. The van der Waals surface area contributed by atoms with Crippen molar-refractivity contribution >= 4 is 23.2 Å². The maximum absolute atomic E-state index is 12.8. The highest BCUT2D eigenvalue weighted by Crippen LogP contribution is 2.30. The lowest BCUT2D eigenvalue weighted by atomic mass is 10.0. The number of amides is 2. The molecule has 0 spiro atoms. The number of hydrogen-bond donors (Lipinski definition) is 3. The molecule has 7 heteroatoms. The normalized spacial score (nSPS) is 10.4. The van der Waals surface area contributed by atoms with Crippen molar-refractivity contribution in [2.75, 3.05) is 10.6 Å². The van der Waals surface area contributed by atoms with Gasteiger partial charge in [0.15, 0.2) is 0 Å². The molecule has 4 rings (SSSR count). The minimum absolute atomic E-state index is 0.171. The molecule has 0 saturated heterocycles. The van der Waals surface area contributed by atoms with Crippen LogP contribution in [-0.2, 0) is 4.79 Å². The zero-order valence-electron chi connectivity index (χ0n) is 16.2. The van der Waals surface area contributed by atoms with Gasteiger partial charge in [0.2, 0.25) is 5.91 Å². The van der Waals surface area contributed by atoms with Gasteiger partial charge in [-0.3, -0.25) is 19.7 Å². The molecule has 148 valence electrons. The highest BCUT2D eigenvalue weighted by molar-refractivity contribution is 6.05. The standard InChI is InChI=1S/C23H19N5O2/c1-15(29)26-19-6-3-7-20(13-19)27-23(30)18-5-2-4-17(12-18)22-21(14-25-28-22)16-8-10-24-11-9-16/h2-14H,1H3,(H,25,28)(H,26,29)(H,27,30). The zero-order valence-corrected chi connectivity index (χ0v) is 16.2. The SMILES string of the molecule is CC(=O)Nc1cccc(NC(=O)c2cccc(-c3[nH]ncc3-c3ccncc3)c2)c1. The third-order valence-electron chi connectivity index (χ3n) is 4.48. The van der Waals surface area contributed by atoms with Gasteiger partial charge in [-0.05, 0) is 48.0 Å². The van der Waals surface area contributed by atoms with E-state index in [4.69, 9.17) is 0 Å². The van der Waals surface area contributed by atoms with Crippen molar-refractivity contribution in [1.29, 1.82) is 0 Å². The number of aromatic amines is 1. The Bertz CT molecular complexity index is 1200. The van der Waals surface area contributed by atoms with Crippen LogP contribution < -0.4 is 10.6 Å². The molecule has 2 heterocycles. The van der Waals surface area contributed by atoms with Crippen LogP contribution in [0.2, 0.25) is 0 Å². The number of pyridine rings is 1. The van der Waals surface area contributed by atoms with E-state index in [9.17, 15) is 9.59 Å². The van der Waals surface area contributed by atoms with E-state index < -0.39 is 0 Å². The molecule has 7 nitrogen and oxygen atoms in total. The van der Waals surface area contributed by atoms with Crippen molar-refractivity contribution < 1.29 is 9.59 Å². The molecule has 0 bridgehead atoms. The van der Waals surface area contributed by atoms with Gasteiger partial charge >= 0.3 is 0 Å². The smallest absolute Gasteiger partial charge is 0.255 e. The van der Waals surface area contributed by atoms with Crippen LogP contribution in [0.15, 0.2) is 79.3 Å². The van der Waals surface area contributed by atoms with Crippen LogP contribution in [0.5, 0.6) is 0 Å². The van der Waals surface area contributed by atoms with E-state index >= 15 is 0 Å². The largest absolute Gasteiger partial charge is 0.326 e. The summed E-state index contributed by atoms with van der Waals surface area (Å²) in [4.78, 5) is 28.1. The van der Waals surface area contributed by atoms with Crippen molar-refractivity contribution in [3.8, 4) is 22.4 Å². The molecule has 0 aliphatic heterocycles. The molecular weight excluding hydrogens is 378 g/mol. The number of benzene rings is 2. The Morgan fingerprint density at radius 3 is 2.37 bits per heavy atom. The fourth-order valence-electron chi connectivity index (χ4n) is 3.15. The first kappa shape index (κ1) is 19.1. The maximum atomic E-state index is 12.8. The second-order valence-electron chi connectivity index (χ2n) is 6.69. The fourth-order valence-corrected chi connectivity index (χ4v) is 3.15. The summed E-state index contributed by atoms with van der Waals surface area (Å²) in [6.45, 7) is 1.44. The lowest BCUT2D eigenvalue weighted by molar-refractivity contribution is -0.114. The number of nitrogens with one attached hydrogen (secondary N) is 3. The average molecular weight is 397 g/mol. The molecule has 0 atom stereocenters. The number of anilines is 2. The molecule has 0 fully saturated rings. The van der Waals surface area contributed by atoms with Crippen LogP contribution in [0.25, 0.3) is 22.4 Å². The van der Waals surface area contributed by atoms with Crippen molar-refractivity contribution in [3.63, 3.8) is 0 Å². The van der Waals surface area contributed by atoms with Crippen molar-refractivity contribution in [1.82, 2.24) is 15.2 Å². The van der Waals surface area contributed by atoms with E-state index in [1.807, 2.05) is 30.3 Å². The minimum atomic E-state index is -0.248. The van der Waals surface area contributed by atoms with Gasteiger partial charge < -0.3 is 10.6 Å². The van der Waals surface area contributed by atoms with E-state index in [2.05, 4.69) is 25.8 Å². The molecular formula is C23H19N5O2. The van der Waals surface area contributed by atoms with Gasteiger partial charge in [-0.2, -0.15) is 5.10 Å². The van der Waals surface area contributed by atoms with Gasteiger partial charge in [0.1, 0.15) is 0 Å². The first-order valence-corrected chi connectivity index (χ1v) is 9.33. The maximum Gasteiger partial charge on any atom is 0.255 e. The highest BCUT2D eigenvalue weighted by Gasteiger charge is 2.13. The summed E-state index contributed by atoms with van der Waals surface area (Å²) in [5, 5.41) is 12.8. The predicted octanol–water partition coefficient (Wildman–Crippen LogP) is 4.35. The quantitative estimate of drug-likeness (QED) is 0.466. The van der Waals surface area contributed by atoms with Crippen molar-refractivity contribution in [2.45, 2.75) is 6.92 Å². The third kappa shape index (κ3) is 4.25. The Balaban J connectivity index is 1.58. The zero-order chi connectivity index (χ0) is 20.9. The first-order valence-electron chi connectivity index (χ1n) is 9.33. The highest BCUT2D eigenvalue weighted by atomic mass is 16.2. The molecule has 2 amide bonds. The van der Waals surface area contributed by atoms with Gasteiger partial charge in [-0.15, -0.1) is 0 Å². The van der Waals surface area contributed by atoms with Gasteiger partial charge in [-0.25, -0.2) is 0 Å². The van der Waals surface area contributed by atoms with Crippen LogP contribution in [0.1, 0.15) is 17.3 Å². The summed E-state index contributed by atoms with van der Waals surface area (Å²) in [6.07, 6.45) is 5.21. The summed E-state index contributed by atoms with van der Waals surface area (Å²) in [5.74, 6) is -0.419. The number of carbonyl (C=O) groups excluding carboxylic acids is 2. The molecule has 30 heavy (non-hydrogen) atoms. The summed E-state index contributed by atoms with van der Waals surface area (Å²) < 4.78 is 0. The number of carbonyl (C=O) groups is 2. The first-order chi connectivity index (χ1) is 14.6. The lowest BCUT2D eigenvalue weighted by Crippen LogP contribution is -2.12. The molecule has 0 aliphatic rings. The van der Waals surface area contributed by atoms with E-state index in [0.717, 1.165) is 22.4 Å². The van der Waals surface area contributed by atoms with Crippen molar-refractivity contribution in [2.24, 2.45) is 0 Å². The van der Waals surface area contributed by atoms with Gasteiger partial charge in [0.05, 0.1) is 11.9 Å². The van der Waals surface area contributed by atoms with Gasteiger partial charge in [0.25, 0.3) is 5.91 Å². The van der Waals surface area contributed by atoms with E-state index in [1.54, 1.807) is 48.9 Å². The number of aromatic nitrogens is 3. The van der Waals surface area contributed by atoms with Crippen LogP contribution in [0, 0.1) is 0 Å². The van der Waals surface area contributed by atoms with Crippen LogP contribution in [0.4, 0.5) is 11.4 Å². The fraction of sp³-hybridized carbons (Fsp3) is 0.0435. The summed E-state index contributed by atoms with van der Waals surface area (Å²) in [5.41, 5.74) is 5.30. The molecule has 2 aromatic carbocycles. The Kier molecular flexibility index (Phi) is 5.34. The predicted molar refractivity (Wildman–Crippen MR) is 116 cm³/mol. The van der Waals surface area contributed by atoms with E-state index in [0.29, 0.717) is 16.9 Å². The lowest BCUT2D eigenvalue weighted by Gasteiger charge is -2.09. The van der Waals surface area contributed by atoms with E-state index in [1.165, 1.54) is 6.92 Å². The summed E-state index contributed by atoms with van der Waals surface area (Å²) >= 11 is 0. The summed E-state index contributed by atoms with van der Waals surface area (Å²) in [7, 11) is 0. The number of hydrogen-bond acceptors (Lipinski definition) is 4. The molecule has 0 aliphatic carbocycles.